The van der Waals surface area contributed by atoms with Gasteiger partial charge in [0.15, 0.2) is 8.38 Å². The number of alkyl halides is 3. The van der Waals surface area contributed by atoms with Crippen LogP contribution < -0.4 is 11.1 Å². The number of nitrogens with zero attached hydrogens (tertiary/aromatic N) is 1. The Morgan fingerprint density at radius 2 is 1.68 bits per heavy atom. The lowest BCUT2D eigenvalue weighted by molar-refractivity contribution is -0.133. The third-order valence-corrected chi connectivity index (χ3v) is 9.83. The Bertz CT molecular complexity index is 1160. The Hall–Kier alpha value is -2.36. The molecule has 2 aromatic rings. The summed E-state index contributed by atoms with van der Waals surface area (Å²) in [6.45, 7) is 0.306. The maximum Gasteiger partial charge on any atom is 0.401 e. The Morgan fingerprint density at radius 1 is 1.05 bits per heavy atom. The highest BCUT2D eigenvalue weighted by atomic mass is 31.2. The number of likely N-dealkylation sites (tertiary alicyclic amines) is 1. The first kappa shape index (κ1) is 29.1. The second kappa shape index (κ2) is 12.2. The molecule has 11 heteroatoms. The van der Waals surface area contributed by atoms with Gasteiger partial charge in [-0.05, 0) is 54.5 Å². The van der Waals surface area contributed by atoms with Crippen molar-refractivity contribution in [2.24, 2.45) is 5.73 Å². The van der Waals surface area contributed by atoms with Gasteiger partial charge in [-0.1, -0.05) is 55.0 Å². The lowest BCUT2D eigenvalue weighted by Gasteiger charge is -2.42. The van der Waals surface area contributed by atoms with E-state index < -0.39 is 32.6 Å². The van der Waals surface area contributed by atoms with E-state index in [4.69, 9.17) is 14.8 Å². The highest BCUT2D eigenvalue weighted by Crippen LogP contribution is 2.51. The number of fused-ring (bicyclic) bond motifs is 3. The second-order valence-electron chi connectivity index (χ2n) is 10.8. The molecule has 1 amide bonds. The van der Waals surface area contributed by atoms with Crippen LogP contribution >= 0.6 is 8.38 Å². The van der Waals surface area contributed by atoms with Crippen molar-refractivity contribution < 1.29 is 31.8 Å². The number of hydrogen-bond acceptors (Lipinski definition) is 6. The molecule has 7 nitrogen and oxygen atoms in total. The smallest absolute Gasteiger partial charge is 0.368 e. The van der Waals surface area contributed by atoms with Crippen molar-refractivity contribution in [2.45, 2.75) is 61.8 Å². The largest absolute Gasteiger partial charge is 0.401 e. The van der Waals surface area contributed by atoms with Gasteiger partial charge < -0.3 is 19.6 Å². The number of halogens is 3. The zero-order valence-electron chi connectivity index (χ0n) is 22.2. The summed E-state index contributed by atoms with van der Waals surface area (Å²) in [6.07, 6.45) is -0.0258. The van der Waals surface area contributed by atoms with Crippen molar-refractivity contribution in [1.29, 1.82) is 0 Å². The maximum absolute atomic E-state index is 13.4. The first-order valence-corrected chi connectivity index (χ1v) is 15.1. The van der Waals surface area contributed by atoms with Crippen molar-refractivity contribution >= 4 is 20.6 Å². The van der Waals surface area contributed by atoms with E-state index in [0.717, 1.165) is 48.1 Å². The topological polar surface area (TPSA) is 93.9 Å². The number of primary amides is 1. The van der Waals surface area contributed by atoms with Crippen LogP contribution in [0.3, 0.4) is 0 Å². The van der Waals surface area contributed by atoms with E-state index in [1.165, 1.54) is 0 Å². The Labute approximate surface area is 233 Å². The second-order valence-corrected chi connectivity index (χ2v) is 12.4. The third-order valence-electron chi connectivity index (χ3n) is 8.27. The lowest BCUT2D eigenvalue weighted by Crippen LogP contribution is -2.55. The molecule has 0 aromatic heterocycles. The zero-order chi connectivity index (χ0) is 28.3. The third kappa shape index (κ3) is 6.11. The van der Waals surface area contributed by atoms with E-state index in [-0.39, 0.29) is 24.4 Å². The molecule has 1 aliphatic carbocycles. The lowest BCUT2D eigenvalue weighted by atomic mass is 9.75. The van der Waals surface area contributed by atoms with Crippen LogP contribution in [0, 0.1) is 0 Å². The van der Waals surface area contributed by atoms with Crippen LogP contribution in [0.15, 0.2) is 48.5 Å². The summed E-state index contributed by atoms with van der Waals surface area (Å²) < 4.78 is 52.4. The van der Waals surface area contributed by atoms with Gasteiger partial charge in [0, 0.05) is 12.1 Å². The molecule has 2 unspecified atom stereocenters. The molecule has 2 aliphatic heterocycles. The number of aldehydes is 1. The predicted molar refractivity (Wildman–Crippen MR) is 147 cm³/mol. The van der Waals surface area contributed by atoms with E-state index in [9.17, 15) is 22.8 Å². The van der Waals surface area contributed by atoms with Gasteiger partial charge in [-0.25, -0.2) is 0 Å². The fourth-order valence-electron chi connectivity index (χ4n) is 6.42. The van der Waals surface area contributed by atoms with Crippen molar-refractivity contribution in [3.8, 4) is 11.1 Å². The molecule has 0 radical (unpaired) electrons. The molecule has 5 rings (SSSR count). The number of amides is 1. The first-order valence-electron chi connectivity index (χ1n) is 13.8. The molecule has 2 heterocycles. The number of rotatable bonds is 10. The fraction of sp³-hybridized carbons (Fsp3) is 0.517. The van der Waals surface area contributed by atoms with Gasteiger partial charge in [0.05, 0.1) is 37.4 Å². The molecule has 216 valence electrons. The van der Waals surface area contributed by atoms with Gasteiger partial charge in [0.25, 0.3) is 0 Å². The average molecular weight is 578 g/mol. The van der Waals surface area contributed by atoms with E-state index in [1.807, 2.05) is 48.5 Å². The molecule has 2 aromatic carbocycles. The van der Waals surface area contributed by atoms with Gasteiger partial charge >= 0.3 is 6.18 Å². The van der Waals surface area contributed by atoms with Crippen molar-refractivity contribution in [3.05, 3.63) is 59.7 Å². The Kier molecular flexibility index (Phi) is 8.92. The molecule has 3 aliphatic rings. The number of piperidine rings is 1. The van der Waals surface area contributed by atoms with Crippen LogP contribution in [-0.2, 0) is 18.6 Å². The zero-order valence-corrected chi connectivity index (χ0v) is 23.1. The summed E-state index contributed by atoms with van der Waals surface area (Å²) >= 11 is 0. The molecule has 40 heavy (non-hydrogen) atoms. The molecule has 2 saturated heterocycles. The molecule has 3 N–H and O–H groups in total. The molecule has 0 spiro atoms. The summed E-state index contributed by atoms with van der Waals surface area (Å²) in [6, 6.07) is 14.8. The van der Waals surface area contributed by atoms with Gasteiger partial charge in [0.2, 0.25) is 5.91 Å². The minimum absolute atomic E-state index is 0.0643. The summed E-state index contributed by atoms with van der Waals surface area (Å²) in [5.41, 5.74) is 7.70. The summed E-state index contributed by atoms with van der Waals surface area (Å²) in [7, 11) is -1.27. The number of nitrogens with one attached hydrogen (secondary N) is 1. The maximum atomic E-state index is 13.4. The van der Waals surface area contributed by atoms with Crippen molar-refractivity contribution in [2.75, 3.05) is 32.5 Å². The average Bonchev–Trinajstić information content (AvgIpc) is 3.30. The first-order chi connectivity index (χ1) is 19.2. The standard InChI is InChI=1S/C29H35F3N3O4P/c30-29(31,32)18-34-28(19-36,26-23-10-3-1-8-21(23)22-9-2-4-11-24(22)26)13-7-15-40-38-16-20(17-39-40)35-14-6-5-12-25(35)27(33)37/h1-4,8-11,19-20,25-26,34H,5-7,12-18H2,(H2,33,37). The minimum atomic E-state index is -4.47. The number of benzene rings is 2. The highest BCUT2D eigenvalue weighted by Gasteiger charge is 2.47. The van der Waals surface area contributed by atoms with Crippen molar-refractivity contribution in [3.63, 3.8) is 0 Å². The van der Waals surface area contributed by atoms with Crippen LogP contribution in [0.1, 0.15) is 49.1 Å². The van der Waals surface area contributed by atoms with Gasteiger partial charge in [-0.3, -0.25) is 15.0 Å². The van der Waals surface area contributed by atoms with E-state index in [1.54, 1.807) is 0 Å². The van der Waals surface area contributed by atoms with Crippen LogP contribution in [-0.4, -0.2) is 73.4 Å². The van der Waals surface area contributed by atoms with Gasteiger partial charge in [-0.2, -0.15) is 13.2 Å². The molecular weight excluding hydrogens is 542 g/mol. The Balaban J connectivity index is 1.29. The number of carbonyl (C=O) groups excluding carboxylic acids is 2. The van der Waals surface area contributed by atoms with Gasteiger partial charge in [-0.15, -0.1) is 0 Å². The van der Waals surface area contributed by atoms with Crippen LogP contribution in [0.5, 0.6) is 0 Å². The summed E-state index contributed by atoms with van der Waals surface area (Å²) in [5, 5.41) is 2.63. The van der Waals surface area contributed by atoms with E-state index in [2.05, 4.69) is 10.2 Å². The fourth-order valence-corrected chi connectivity index (χ4v) is 7.85. The van der Waals surface area contributed by atoms with Gasteiger partial charge in [0.1, 0.15) is 6.29 Å². The normalized spacial score (nSPS) is 25.1. The highest BCUT2D eigenvalue weighted by molar-refractivity contribution is 7.47. The van der Waals surface area contributed by atoms with Crippen LogP contribution in [0.4, 0.5) is 13.2 Å². The molecular formula is C29H35F3N3O4P. The van der Waals surface area contributed by atoms with Crippen molar-refractivity contribution in [1.82, 2.24) is 10.2 Å². The number of hydrogen-bond donors (Lipinski definition) is 2. The minimum Gasteiger partial charge on any atom is -0.368 e. The SMILES string of the molecule is NC(=O)C1CCCCN1C1COP(CCCC(C=O)(NCC(F)(F)F)C2c3ccccc3-c3ccccc32)OC1. The van der Waals surface area contributed by atoms with Crippen LogP contribution in [0.25, 0.3) is 11.1 Å². The Morgan fingerprint density at radius 3 is 2.25 bits per heavy atom. The number of nitrogens with two attached hydrogens (primary N) is 1. The molecule has 0 bridgehead atoms. The summed E-state index contributed by atoms with van der Waals surface area (Å²) in [4.78, 5) is 26.8. The van der Waals surface area contributed by atoms with E-state index >= 15 is 0 Å². The van der Waals surface area contributed by atoms with E-state index in [0.29, 0.717) is 32.1 Å². The predicted octanol–water partition coefficient (Wildman–Crippen LogP) is 4.74. The number of carbonyl (C=O) groups is 2. The molecule has 2 atom stereocenters. The molecule has 0 saturated carbocycles. The summed E-state index contributed by atoms with van der Waals surface area (Å²) in [5.74, 6) is -0.894. The molecule has 2 fully saturated rings. The quantitative estimate of drug-likeness (QED) is 0.313. The van der Waals surface area contributed by atoms with Crippen LogP contribution in [0.2, 0.25) is 0 Å². The monoisotopic (exact) mass is 577 g/mol.